The van der Waals surface area contributed by atoms with Crippen LogP contribution in [0.15, 0.2) is 24.3 Å². The van der Waals surface area contributed by atoms with Crippen LogP contribution in [0.5, 0.6) is 5.75 Å². The van der Waals surface area contributed by atoms with Gasteiger partial charge in [-0.05, 0) is 24.1 Å². The number of hydrogen-bond acceptors (Lipinski definition) is 1. The van der Waals surface area contributed by atoms with Gasteiger partial charge in [-0.1, -0.05) is 24.3 Å². The summed E-state index contributed by atoms with van der Waals surface area (Å²) in [4.78, 5) is 0. The summed E-state index contributed by atoms with van der Waals surface area (Å²) in [7, 11) is 20.8. The largest absolute Gasteiger partial charge is 0.508 e. The minimum Gasteiger partial charge on any atom is -0.508 e. The Balaban J connectivity index is 1.83. The third kappa shape index (κ3) is 6.41. The molecule has 1 unspecified atom stereocenters. The van der Waals surface area contributed by atoms with Crippen LogP contribution in [0.25, 0.3) is 0 Å². The maximum Gasteiger partial charge on any atom is 0.115 e. The summed E-state index contributed by atoms with van der Waals surface area (Å²) in [6.45, 7) is 0. The average molecular weight is 242 g/mol. The lowest BCUT2D eigenvalue weighted by atomic mass is 8.87. The molecule has 0 aromatic heterocycles. The smallest absolute Gasteiger partial charge is 0.115 e. The molecule has 1 saturated heterocycles. The van der Waals surface area contributed by atoms with Crippen molar-refractivity contribution in [3.63, 3.8) is 0 Å². The van der Waals surface area contributed by atoms with Crippen LogP contribution < -0.4 is 0 Å². The fourth-order valence-electron chi connectivity index (χ4n) is 2.10. The number of phenols is 1. The number of hydrogen-bond donors (Lipinski definition) is 1. The second-order valence-electron chi connectivity index (χ2n) is 4.83. The quantitative estimate of drug-likeness (QED) is 0.622. The van der Waals surface area contributed by atoms with Gasteiger partial charge in [0.2, 0.25) is 0 Å². The Morgan fingerprint density at radius 2 is 1.45 bits per heavy atom. The summed E-state index contributed by atoms with van der Waals surface area (Å²) in [5, 5.41) is 9.32. The number of phenolic OH excluding ortho intramolecular Hbond substituents is 1. The maximum atomic E-state index is 9.32. The van der Waals surface area contributed by atoms with E-state index in [2.05, 4.69) is 35.5 Å². The summed E-state index contributed by atoms with van der Waals surface area (Å²) in [6.07, 6.45) is 1.99. The van der Waals surface area contributed by atoms with Crippen LogP contribution in [0.1, 0.15) is 5.56 Å². The zero-order valence-corrected chi connectivity index (χ0v) is 11.5. The van der Waals surface area contributed by atoms with Crippen LogP contribution in [-0.4, -0.2) is 75.9 Å². The van der Waals surface area contributed by atoms with Crippen LogP contribution in [-0.2, 0) is 6.42 Å². The zero-order chi connectivity index (χ0) is 14.0. The van der Waals surface area contributed by atoms with Crippen molar-refractivity contribution in [2.24, 2.45) is 0 Å². The van der Waals surface area contributed by atoms with E-state index in [9.17, 15) is 5.11 Å². The third-order valence-corrected chi connectivity index (χ3v) is 3.17. The lowest BCUT2D eigenvalue weighted by molar-refractivity contribution is 0.475. The molecule has 1 fully saturated rings. The molecule has 1 aromatic rings. The summed E-state index contributed by atoms with van der Waals surface area (Å²) >= 11 is 0. The van der Waals surface area contributed by atoms with Gasteiger partial charge in [0.1, 0.15) is 5.75 Å². The molecule has 1 aliphatic rings. The van der Waals surface area contributed by atoms with Crippen molar-refractivity contribution >= 4 is 70.8 Å². The van der Waals surface area contributed by atoms with Gasteiger partial charge in [-0.2, -0.15) is 0 Å². The van der Waals surface area contributed by atoms with Crippen molar-refractivity contribution in [3.05, 3.63) is 29.8 Å². The Morgan fingerprint density at radius 3 is 2.15 bits per heavy atom. The summed E-state index contributed by atoms with van der Waals surface area (Å²) < 4.78 is 0. The van der Waals surface area contributed by atoms with Gasteiger partial charge in [0.15, 0.2) is 0 Å². The van der Waals surface area contributed by atoms with E-state index in [1.54, 1.807) is 12.1 Å². The number of aromatic hydroxyl groups is 1. The zero-order valence-electron chi connectivity index (χ0n) is 11.5. The highest BCUT2D eigenvalue weighted by molar-refractivity contribution is 7.69. The lowest BCUT2D eigenvalue weighted by Gasteiger charge is -2.17. The number of rotatable bonds is 2. The Hall–Kier alpha value is -0.331. The van der Waals surface area contributed by atoms with Crippen molar-refractivity contribution in [3.8, 4) is 5.75 Å². The average Bonchev–Trinajstić information content (AvgIpc) is 2.44. The molecule has 1 aromatic carbocycles. The normalized spacial score (nSPS) is 18.7. The van der Waals surface area contributed by atoms with E-state index < -0.39 is 0 Å². The van der Waals surface area contributed by atoms with E-state index in [0.717, 1.165) is 12.7 Å². The lowest BCUT2D eigenvalue weighted by Crippen LogP contribution is -2.35. The van der Waals surface area contributed by atoms with Crippen LogP contribution in [0.2, 0.25) is 12.1 Å². The first-order chi connectivity index (χ1) is 9.84. The van der Waals surface area contributed by atoms with E-state index in [-0.39, 0.29) is 0 Å². The molecule has 1 atom stereocenters. The van der Waals surface area contributed by atoms with Crippen molar-refractivity contribution < 1.29 is 5.11 Å². The highest BCUT2D eigenvalue weighted by atomic mass is 16.3. The van der Waals surface area contributed by atoms with Crippen LogP contribution in [0, 0.1) is 0 Å². The Bertz CT molecular complexity index is 361. The highest BCUT2D eigenvalue weighted by Gasteiger charge is 2.12. The van der Waals surface area contributed by atoms with Crippen molar-refractivity contribution in [1.82, 2.24) is 0 Å². The topological polar surface area (TPSA) is 20.2 Å². The fraction of sp³-hybridized carbons (Fsp3) is 0.333. The first-order valence-corrected chi connectivity index (χ1v) is 6.96. The maximum absolute atomic E-state index is 9.32. The van der Waals surface area contributed by atoms with Gasteiger partial charge in [-0.3, -0.25) is 0 Å². The molecule has 1 aliphatic heterocycles. The molecule has 20 heavy (non-hydrogen) atoms. The minimum atomic E-state index is 0.322. The van der Waals surface area contributed by atoms with Crippen molar-refractivity contribution in [2.75, 3.05) is 0 Å². The van der Waals surface area contributed by atoms with Gasteiger partial charge in [-0.25, -0.2) is 0 Å². The van der Waals surface area contributed by atoms with E-state index in [1.165, 1.54) is 5.56 Å². The van der Waals surface area contributed by atoms with E-state index in [1.807, 2.05) is 47.4 Å². The standard InChI is InChI=1S/C9H10B10O/c20-9-3-1-7(2-4-9)5-8-6-10-12-14-16-18-19-17-15-13-11-8/h1-4,8,20H,5-6H2. The predicted molar refractivity (Wildman–Crippen MR) is 97.9 cm³/mol. The van der Waals surface area contributed by atoms with Crippen LogP contribution in [0.4, 0.5) is 0 Å². The van der Waals surface area contributed by atoms with Gasteiger partial charge in [0, 0.05) is 56.5 Å². The molecule has 2 rings (SSSR count). The molecule has 1 nitrogen and oxygen atoms in total. The molecule has 0 spiro atoms. The predicted octanol–water partition coefficient (Wildman–Crippen LogP) is -1.57. The number of benzene rings is 1. The molecule has 0 aliphatic carbocycles. The first-order valence-electron chi connectivity index (χ1n) is 6.96. The molecule has 0 bridgehead atoms. The summed E-state index contributed by atoms with van der Waals surface area (Å²) in [5.74, 6) is 0.792. The molecular formula is C9H10B10O. The monoisotopic (exact) mass is 244 g/mol. The van der Waals surface area contributed by atoms with Gasteiger partial charge in [0.05, 0.1) is 14.3 Å². The van der Waals surface area contributed by atoms with Gasteiger partial charge in [-0.15, -0.1) is 0 Å². The van der Waals surface area contributed by atoms with Crippen LogP contribution in [0.3, 0.4) is 0 Å². The Morgan fingerprint density at radius 1 is 0.850 bits per heavy atom. The fourth-order valence-corrected chi connectivity index (χ4v) is 2.10. The van der Waals surface area contributed by atoms with Gasteiger partial charge >= 0.3 is 0 Å². The summed E-state index contributed by atoms with van der Waals surface area (Å²) in [5.41, 5.74) is 1.25. The van der Waals surface area contributed by atoms with E-state index in [4.69, 9.17) is 0 Å². The molecule has 1 heterocycles. The Kier molecular flexibility index (Phi) is 7.68. The molecule has 0 saturated carbocycles. The second-order valence-corrected chi connectivity index (χ2v) is 4.83. The van der Waals surface area contributed by atoms with E-state index >= 15 is 0 Å². The van der Waals surface area contributed by atoms with Gasteiger partial charge < -0.3 is 5.11 Å². The van der Waals surface area contributed by atoms with Crippen LogP contribution >= 0.6 is 0 Å². The Labute approximate surface area is 130 Å². The summed E-state index contributed by atoms with van der Waals surface area (Å²) in [6, 6.07) is 7.47. The third-order valence-electron chi connectivity index (χ3n) is 3.17. The van der Waals surface area contributed by atoms with Gasteiger partial charge in [0.25, 0.3) is 0 Å². The molecule has 82 valence electrons. The molecule has 1 N–H and O–H groups in total. The molecule has 10 radical (unpaired) electrons. The first kappa shape index (κ1) is 16.0. The molecule has 0 amide bonds. The van der Waals surface area contributed by atoms with Crippen molar-refractivity contribution in [2.45, 2.75) is 18.6 Å². The second kappa shape index (κ2) is 9.58. The highest BCUT2D eigenvalue weighted by Crippen LogP contribution is 2.19. The SMILES string of the molecule is Oc1ccc(CC2[B][B][B][B][B][B][B][B][B][B]C2)cc1. The molecular weight excluding hydrogens is 232 g/mol. The van der Waals surface area contributed by atoms with Crippen molar-refractivity contribution in [1.29, 1.82) is 0 Å². The van der Waals surface area contributed by atoms with E-state index in [0.29, 0.717) is 11.6 Å². The minimum absolute atomic E-state index is 0.322. The molecule has 11 heteroatoms.